The second-order valence-corrected chi connectivity index (χ2v) is 0.816. The summed E-state index contributed by atoms with van der Waals surface area (Å²) in [6.07, 6.45) is 0. The maximum Gasteiger partial charge on any atom is 0.425 e. The van der Waals surface area contributed by atoms with Crippen LogP contribution in [0.15, 0.2) is 0 Å². The molecule has 8 heavy (non-hydrogen) atoms. The van der Waals surface area contributed by atoms with Crippen molar-refractivity contribution in [3.05, 3.63) is 0 Å². The van der Waals surface area contributed by atoms with Crippen LogP contribution in [0.25, 0.3) is 0 Å². The first-order valence-electron chi connectivity index (χ1n) is 0.833. The van der Waals surface area contributed by atoms with Gasteiger partial charge in [-0.1, -0.05) is 0 Å². The summed E-state index contributed by atoms with van der Waals surface area (Å²) in [4.78, 5) is 0. The molecule has 0 aliphatic heterocycles. The minimum Gasteiger partial charge on any atom is -0.412 e. The quantitative estimate of drug-likeness (QED) is 0.390. The fraction of sp³-hybridized carbons (Fsp3) is 0. The first kappa shape index (κ1) is 15.7. The van der Waals surface area contributed by atoms with Crippen LogP contribution in [0.5, 0.6) is 0 Å². The molecule has 0 fully saturated rings. The van der Waals surface area contributed by atoms with E-state index >= 15 is 0 Å². The third-order valence-electron chi connectivity index (χ3n) is 0. The smallest absolute Gasteiger partial charge is 0.412 e. The first-order valence-corrected chi connectivity index (χ1v) is 2.50. The molecule has 0 radical (unpaired) electrons. The van der Waals surface area contributed by atoms with E-state index in [-0.39, 0.29) is 5.48 Å². The van der Waals surface area contributed by atoms with Gasteiger partial charge < -0.3 is 5.48 Å². The van der Waals surface area contributed by atoms with Crippen LogP contribution in [0.4, 0.5) is 0 Å². The molecular weight excluding hydrogens is 160 g/mol. The van der Waals surface area contributed by atoms with E-state index in [1.54, 1.807) is 0 Å². The van der Waals surface area contributed by atoms with E-state index in [4.69, 9.17) is 21.0 Å². The highest BCUT2D eigenvalue weighted by Gasteiger charge is 1.40. The first-order chi connectivity index (χ1) is 3.15. The minimum absolute atomic E-state index is 0. The molecule has 50 valence electrons. The zero-order valence-corrected chi connectivity index (χ0v) is 4.99. The SMILES string of the molecule is O.O=S(=O)=O.O=S=O. The predicted octanol–water partition coefficient (Wildman–Crippen LogP) is -2.50. The van der Waals surface area contributed by atoms with Crippen molar-refractivity contribution in [3.63, 3.8) is 0 Å². The zero-order valence-electron chi connectivity index (χ0n) is 3.36. The molecule has 0 spiro atoms. The van der Waals surface area contributed by atoms with Crippen molar-refractivity contribution < 1.29 is 26.5 Å². The summed E-state index contributed by atoms with van der Waals surface area (Å²) in [5.41, 5.74) is 0. The van der Waals surface area contributed by atoms with Gasteiger partial charge in [-0.3, -0.25) is 0 Å². The predicted molar refractivity (Wildman–Crippen MR) is 22.2 cm³/mol. The minimum atomic E-state index is -3.11. The second kappa shape index (κ2) is 16.1. The largest absolute Gasteiger partial charge is 0.425 e. The molecular formula is H2O6S2. The van der Waals surface area contributed by atoms with E-state index in [0.29, 0.717) is 0 Å². The molecule has 0 aromatic rings. The number of hydrogen-bond acceptors (Lipinski definition) is 5. The molecule has 0 amide bonds. The Labute approximate surface area is 49.5 Å². The highest BCUT2D eigenvalue weighted by atomic mass is 32.2. The van der Waals surface area contributed by atoms with E-state index in [0.717, 1.165) is 0 Å². The lowest BCUT2D eigenvalue weighted by Gasteiger charge is -1.11. The van der Waals surface area contributed by atoms with Crippen LogP contribution in [-0.2, 0) is 22.2 Å². The highest BCUT2D eigenvalue weighted by Crippen LogP contribution is 1.07. The maximum absolute atomic E-state index is 8.44. The van der Waals surface area contributed by atoms with Crippen LogP contribution < -0.4 is 0 Å². The third kappa shape index (κ3) is 290. The Bertz CT molecular complexity index is 133. The van der Waals surface area contributed by atoms with Gasteiger partial charge in [0.05, 0.1) is 0 Å². The molecule has 0 aromatic heterocycles. The fourth-order valence-electron chi connectivity index (χ4n) is 0. The van der Waals surface area contributed by atoms with Crippen LogP contribution in [-0.4, -0.2) is 26.5 Å². The highest BCUT2D eigenvalue weighted by molar-refractivity contribution is 7.59. The molecule has 0 bridgehead atoms. The Kier molecular flexibility index (Phi) is 31.6. The number of rotatable bonds is 0. The second-order valence-electron chi connectivity index (χ2n) is 0.272. The molecule has 0 unspecified atom stereocenters. The Hall–Kier alpha value is -0.600. The van der Waals surface area contributed by atoms with Crippen LogP contribution in [0.3, 0.4) is 0 Å². The van der Waals surface area contributed by atoms with Gasteiger partial charge in [0.25, 0.3) is 0 Å². The fourth-order valence-corrected chi connectivity index (χ4v) is 0. The normalized spacial score (nSPS) is 4.50. The molecule has 0 heterocycles. The molecule has 0 saturated heterocycles. The standard InChI is InChI=1S/O3S.O2S.H2O/c1-4(2)3;1-3-2;/h;;1H2. The maximum atomic E-state index is 8.44. The lowest BCUT2D eigenvalue weighted by Crippen LogP contribution is -1.40. The molecule has 0 saturated carbocycles. The van der Waals surface area contributed by atoms with Crippen LogP contribution in [0.1, 0.15) is 0 Å². The van der Waals surface area contributed by atoms with Gasteiger partial charge in [0.15, 0.2) is 0 Å². The molecule has 0 atom stereocenters. The summed E-state index contributed by atoms with van der Waals surface area (Å²) >= 11 is -0.750. The van der Waals surface area contributed by atoms with Crippen molar-refractivity contribution in [3.8, 4) is 0 Å². The van der Waals surface area contributed by atoms with E-state index in [1.165, 1.54) is 0 Å². The van der Waals surface area contributed by atoms with Crippen LogP contribution in [0.2, 0.25) is 0 Å². The summed E-state index contributed by atoms with van der Waals surface area (Å²) < 4.78 is 41.9. The molecule has 0 rings (SSSR count). The topological polar surface area (TPSA) is 117 Å². The van der Waals surface area contributed by atoms with E-state index in [1.807, 2.05) is 0 Å². The summed E-state index contributed by atoms with van der Waals surface area (Å²) in [7, 11) is -3.11. The monoisotopic (exact) mass is 162 g/mol. The summed E-state index contributed by atoms with van der Waals surface area (Å²) in [5, 5.41) is 0. The van der Waals surface area contributed by atoms with Gasteiger partial charge in [-0.05, 0) is 0 Å². The van der Waals surface area contributed by atoms with Crippen molar-refractivity contribution in [2.45, 2.75) is 0 Å². The Morgan fingerprint density at radius 3 is 1.00 bits per heavy atom. The Balaban J connectivity index is -0.0000000575. The summed E-state index contributed by atoms with van der Waals surface area (Å²) in [6, 6.07) is 0. The van der Waals surface area contributed by atoms with E-state index < -0.39 is 22.2 Å². The van der Waals surface area contributed by atoms with Crippen LogP contribution in [0, 0.1) is 0 Å². The van der Waals surface area contributed by atoms with Crippen LogP contribution >= 0.6 is 0 Å². The van der Waals surface area contributed by atoms with E-state index in [9.17, 15) is 0 Å². The van der Waals surface area contributed by atoms with Gasteiger partial charge >= 0.3 is 22.2 Å². The van der Waals surface area contributed by atoms with Gasteiger partial charge in [0, 0.05) is 0 Å². The molecule has 8 heteroatoms. The average Bonchev–Trinajstić information content (AvgIpc) is 1.33. The van der Waals surface area contributed by atoms with Gasteiger partial charge in [0.2, 0.25) is 0 Å². The van der Waals surface area contributed by atoms with Crippen molar-refractivity contribution in [1.29, 1.82) is 0 Å². The van der Waals surface area contributed by atoms with Gasteiger partial charge in [-0.2, -0.15) is 8.42 Å². The Morgan fingerprint density at radius 2 is 1.00 bits per heavy atom. The average molecular weight is 162 g/mol. The molecule has 6 nitrogen and oxygen atoms in total. The van der Waals surface area contributed by atoms with E-state index in [2.05, 4.69) is 0 Å². The van der Waals surface area contributed by atoms with Crippen molar-refractivity contribution in [2.24, 2.45) is 0 Å². The lowest BCUT2D eigenvalue weighted by atomic mass is 15.9. The van der Waals surface area contributed by atoms with Gasteiger partial charge in [-0.25, -0.2) is 0 Å². The van der Waals surface area contributed by atoms with Gasteiger partial charge in [-0.15, -0.1) is 12.6 Å². The molecule has 0 aliphatic rings. The molecule has 0 aliphatic carbocycles. The Morgan fingerprint density at radius 1 is 1.00 bits per heavy atom. The summed E-state index contributed by atoms with van der Waals surface area (Å²) in [5.74, 6) is 0. The van der Waals surface area contributed by atoms with Crippen molar-refractivity contribution in [2.75, 3.05) is 0 Å². The zero-order chi connectivity index (χ0) is 6.28. The van der Waals surface area contributed by atoms with Gasteiger partial charge in [0.1, 0.15) is 0 Å². The number of hydrogen-bond donors (Lipinski definition) is 0. The summed E-state index contributed by atoms with van der Waals surface area (Å²) in [6.45, 7) is 0. The van der Waals surface area contributed by atoms with Crippen molar-refractivity contribution >= 4 is 22.2 Å². The van der Waals surface area contributed by atoms with Crippen molar-refractivity contribution in [1.82, 2.24) is 0 Å². The third-order valence-corrected chi connectivity index (χ3v) is 0. The molecule has 2 N–H and O–H groups in total. The molecule has 0 aromatic carbocycles. The lowest BCUT2D eigenvalue weighted by molar-refractivity contribution is 0.559.